The van der Waals surface area contributed by atoms with E-state index in [1.807, 2.05) is 0 Å². The zero-order valence-corrected chi connectivity index (χ0v) is 14.6. The number of nitrogens with one attached hydrogen (secondary N) is 1. The van der Waals surface area contributed by atoms with Gasteiger partial charge in [0.2, 0.25) is 0 Å². The van der Waals surface area contributed by atoms with Crippen LogP contribution in [0.3, 0.4) is 0 Å². The molecule has 0 aliphatic carbocycles. The first kappa shape index (κ1) is 18.4. The van der Waals surface area contributed by atoms with Crippen molar-refractivity contribution in [3.05, 3.63) is 33.4 Å². The van der Waals surface area contributed by atoms with Gasteiger partial charge in [0.1, 0.15) is 0 Å². The molecule has 1 aromatic heterocycles. The third kappa shape index (κ3) is 3.45. The number of rotatable bonds is 3. The molecule has 136 valence electrons. The molecule has 2 heterocycles. The van der Waals surface area contributed by atoms with Crippen LogP contribution in [-0.4, -0.2) is 23.7 Å². The molecule has 1 aromatic carbocycles. The molecule has 1 unspecified atom stereocenters. The molecule has 0 saturated heterocycles. The van der Waals surface area contributed by atoms with Crippen LogP contribution in [0.2, 0.25) is 10.0 Å². The first-order valence-corrected chi connectivity index (χ1v) is 8.28. The minimum Gasteiger partial charge on any atom is -0.427 e. The lowest BCUT2D eigenvalue weighted by atomic mass is 9.96. The van der Waals surface area contributed by atoms with Gasteiger partial charge in [-0.2, -0.15) is 13.2 Å². The highest BCUT2D eigenvalue weighted by Gasteiger charge is 2.46. The molecule has 25 heavy (non-hydrogen) atoms. The molecule has 1 N–H and O–H groups in total. The Balaban J connectivity index is 2.18. The summed E-state index contributed by atoms with van der Waals surface area (Å²) in [7, 11) is 0. The molecule has 3 rings (SSSR count). The molecule has 0 saturated carbocycles. The number of carbonyl (C=O) groups excluding carboxylic acids is 1. The average molecular weight is 396 g/mol. The van der Waals surface area contributed by atoms with Gasteiger partial charge in [0, 0.05) is 18.7 Å². The van der Waals surface area contributed by atoms with E-state index in [1.165, 1.54) is 0 Å². The number of ether oxygens (including phenoxy) is 2. The van der Waals surface area contributed by atoms with Crippen LogP contribution in [0.4, 0.5) is 13.2 Å². The van der Waals surface area contributed by atoms with E-state index in [9.17, 15) is 18.0 Å². The zero-order chi connectivity index (χ0) is 18.4. The Kier molecular flexibility index (Phi) is 4.68. The van der Waals surface area contributed by atoms with Crippen LogP contribution in [0.5, 0.6) is 0 Å². The van der Waals surface area contributed by atoms with Gasteiger partial charge in [0.15, 0.2) is 0 Å². The number of alkyl halides is 3. The summed E-state index contributed by atoms with van der Waals surface area (Å²) in [6, 6.07) is 3.19. The second-order valence-corrected chi connectivity index (χ2v) is 6.63. The summed E-state index contributed by atoms with van der Waals surface area (Å²) >= 11 is 12.4. The smallest absolute Gasteiger partial charge is 0.389 e. The predicted octanol–water partition coefficient (Wildman–Crippen LogP) is 5.11. The van der Waals surface area contributed by atoms with Gasteiger partial charge in [-0.25, -0.2) is 0 Å². The van der Waals surface area contributed by atoms with Crippen molar-refractivity contribution in [2.24, 2.45) is 0 Å². The predicted molar refractivity (Wildman–Crippen MR) is 86.7 cm³/mol. The van der Waals surface area contributed by atoms with Crippen LogP contribution in [0, 0.1) is 0 Å². The molecule has 4 nitrogen and oxygen atoms in total. The molecular weight excluding hydrogens is 382 g/mol. The first-order chi connectivity index (χ1) is 11.6. The number of H-pyrrole nitrogens is 1. The summed E-state index contributed by atoms with van der Waals surface area (Å²) in [5, 5.41) is 1.38. The zero-order valence-electron chi connectivity index (χ0n) is 13.1. The maximum absolute atomic E-state index is 12.8. The molecule has 0 radical (unpaired) electrons. The summed E-state index contributed by atoms with van der Waals surface area (Å²) in [4.78, 5) is 14.5. The highest BCUT2D eigenvalue weighted by atomic mass is 35.5. The SMILES string of the molecule is CC(=O)OC1(CCC(F)(F)F)OCCc2c1[nH]c1c(Cl)ccc(Cl)c21. The van der Waals surface area contributed by atoms with Gasteiger partial charge in [-0.3, -0.25) is 4.79 Å². The largest absolute Gasteiger partial charge is 0.427 e. The van der Waals surface area contributed by atoms with E-state index in [0.717, 1.165) is 6.92 Å². The summed E-state index contributed by atoms with van der Waals surface area (Å²) in [5.74, 6) is -2.59. The maximum atomic E-state index is 12.8. The van der Waals surface area contributed by atoms with Crippen molar-refractivity contribution in [1.82, 2.24) is 4.98 Å². The highest BCUT2D eigenvalue weighted by Crippen LogP contribution is 2.45. The fourth-order valence-electron chi connectivity index (χ4n) is 3.13. The third-order valence-electron chi connectivity index (χ3n) is 4.07. The van der Waals surface area contributed by atoms with Crippen molar-refractivity contribution in [3.63, 3.8) is 0 Å². The lowest BCUT2D eigenvalue weighted by molar-refractivity contribution is -0.258. The fraction of sp³-hybridized carbons (Fsp3) is 0.438. The van der Waals surface area contributed by atoms with E-state index in [-0.39, 0.29) is 12.3 Å². The monoisotopic (exact) mass is 395 g/mol. The summed E-state index contributed by atoms with van der Waals surface area (Å²) in [6.07, 6.45) is -5.75. The van der Waals surface area contributed by atoms with E-state index >= 15 is 0 Å². The topological polar surface area (TPSA) is 51.3 Å². The van der Waals surface area contributed by atoms with Crippen LogP contribution < -0.4 is 0 Å². The van der Waals surface area contributed by atoms with Crippen molar-refractivity contribution < 1.29 is 27.4 Å². The Morgan fingerprint density at radius 2 is 2.04 bits per heavy atom. The van der Waals surface area contributed by atoms with Gasteiger partial charge in [-0.15, -0.1) is 0 Å². The number of aromatic nitrogens is 1. The number of halogens is 5. The Bertz CT molecular complexity index is 834. The molecule has 1 aliphatic rings. The van der Waals surface area contributed by atoms with Gasteiger partial charge in [-0.1, -0.05) is 23.2 Å². The molecule has 1 atom stereocenters. The minimum absolute atomic E-state index is 0.0912. The molecule has 0 spiro atoms. The third-order valence-corrected chi connectivity index (χ3v) is 4.70. The average Bonchev–Trinajstić information content (AvgIpc) is 2.90. The van der Waals surface area contributed by atoms with Gasteiger partial charge in [-0.05, 0) is 24.1 Å². The van der Waals surface area contributed by atoms with Crippen molar-refractivity contribution in [1.29, 1.82) is 0 Å². The van der Waals surface area contributed by atoms with Crippen molar-refractivity contribution in [3.8, 4) is 0 Å². The lowest BCUT2D eigenvalue weighted by Gasteiger charge is -2.36. The summed E-state index contributed by atoms with van der Waals surface area (Å²) in [5.41, 5.74) is 1.38. The number of esters is 1. The summed E-state index contributed by atoms with van der Waals surface area (Å²) in [6.45, 7) is 1.21. The number of benzene rings is 1. The van der Waals surface area contributed by atoms with Crippen molar-refractivity contribution in [2.45, 2.75) is 38.1 Å². The van der Waals surface area contributed by atoms with Crippen molar-refractivity contribution >= 4 is 40.1 Å². The van der Waals surface area contributed by atoms with Crippen molar-refractivity contribution in [2.75, 3.05) is 6.61 Å². The van der Waals surface area contributed by atoms with E-state index in [4.69, 9.17) is 32.7 Å². The van der Waals surface area contributed by atoms with Crippen LogP contribution in [0.25, 0.3) is 10.9 Å². The molecule has 1 aliphatic heterocycles. The minimum atomic E-state index is -4.42. The Hall–Kier alpha value is -1.44. The van der Waals surface area contributed by atoms with E-state index in [0.29, 0.717) is 32.9 Å². The molecule has 0 fully saturated rings. The quantitative estimate of drug-likeness (QED) is 0.734. The Labute approximate surface area is 151 Å². The number of carbonyl (C=O) groups is 1. The second-order valence-electron chi connectivity index (χ2n) is 5.82. The molecule has 9 heteroatoms. The van der Waals surface area contributed by atoms with E-state index in [1.54, 1.807) is 12.1 Å². The van der Waals surface area contributed by atoms with Gasteiger partial charge >= 0.3 is 12.1 Å². The lowest BCUT2D eigenvalue weighted by Crippen LogP contribution is -2.40. The number of hydrogen-bond acceptors (Lipinski definition) is 3. The van der Waals surface area contributed by atoms with Gasteiger partial charge in [0.05, 0.1) is 34.3 Å². The van der Waals surface area contributed by atoms with Gasteiger partial charge < -0.3 is 14.5 Å². The number of fused-ring (bicyclic) bond motifs is 3. The van der Waals surface area contributed by atoms with Crippen LogP contribution in [-0.2, 0) is 26.5 Å². The number of hydrogen-bond donors (Lipinski definition) is 1. The van der Waals surface area contributed by atoms with Crippen LogP contribution >= 0.6 is 23.2 Å². The fourth-order valence-corrected chi connectivity index (χ4v) is 3.60. The first-order valence-electron chi connectivity index (χ1n) is 7.52. The number of aromatic amines is 1. The van der Waals surface area contributed by atoms with E-state index < -0.39 is 30.8 Å². The van der Waals surface area contributed by atoms with Crippen LogP contribution in [0.15, 0.2) is 12.1 Å². The summed E-state index contributed by atoms with van der Waals surface area (Å²) < 4.78 is 49.1. The molecule has 0 bridgehead atoms. The maximum Gasteiger partial charge on any atom is 0.389 e. The Morgan fingerprint density at radius 3 is 2.68 bits per heavy atom. The van der Waals surface area contributed by atoms with Crippen LogP contribution in [0.1, 0.15) is 31.0 Å². The normalized spacial score (nSPS) is 20.6. The Morgan fingerprint density at radius 1 is 1.36 bits per heavy atom. The highest BCUT2D eigenvalue weighted by molar-refractivity contribution is 6.40. The van der Waals surface area contributed by atoms with Gasteiger partial charge in [0.25, 0.3) is 5.79 Å². The second kappa shape index (κ2) is 6.37. The molecule has 2 aromatic rings. The standard InChI is InChI=1S/C16H14Cl2F3NO3/c1-8(23)25-15(5-6-16(19,20)21)14-9(4-7-24-15)12-10(17)2-3-11(18)13(12)22-14/h2-3,22H,4-7H2,1H3. The molecular formula is C16H14Cl2F3NO3. The molecule has 0 amide bonds. The van der Waals surface area contributed by atoms with E-state index in [2.05, 4.69) is 4.98 Å².